The van der Waals surface area contributed by atoms with Gasteiger partial charge in [-0.2, -0.15) is 5.26 Å². The van der Waals surface area contributed by atoms with Gasteiger partial charge in [-0.1, -0.05) is 6.07 Å². The molecular weight excluding hydrogens is 346 g/mol. The molecule has 0 atom stereocenters. The van der Waals surface area contributed by atoms with Crippen molar-refractivity contribution >= 4 is 39.9 Å². The Hall–Kier alpha value is -3.99. The van der Waals surface area contributed by atoms with Crippen molar-refractivity contribution in [1.82, 2.24) is 4.98 Å². The molecule has 8 heteroatoms. The second-order valence-electron chi connectivity index (χ2n) is 5.97. The van der Waals surface area contributed by atoms with Crippen LogP contribution < -0.4 is 20.3 Å². The number of benzene rings is 2. The van der Waals surface area contributed by atoms with E-state index in [0.717, 1.165) is 10.9 Å². The molecule has 0 bridgehead atoms. The Balaban J connectivity index is 1.48. The lowest BCUT2D eigenvalue weighted by Gasteiger charge is -2.27. The van der Waals surface area contributed by atoms with Gasteiger partial charge >= 0.3 is 6.03 Å². The molecule has 1 aromatic heterocycles. The molecule has 1 aliphatic rings. The summed E-state index contributed by atoms with van der Waals surface area (Å²) in [7, 11) is 0. The van der Waals surface area contributed by atoms with E-state index < -0.39 is 6.03 Å². The standard InChI is InChI=1S/C19H15N5O3/c20-6-8-24-16-4-3-14(10-17(16)27-11-18(24)25)23-19(26)22-13-2-1-12-5-7-21-15(12)9-13/h1-5,7,9-10,21H,8,11H2,(H2,22,23,26). The number of carbonyl (C=O) groups is 2. The smallest absolute Gasteiger partial charge is 0.323 e. The predicted molar refractivity (Wildman–Crippen MR) is 101 cm³/mol. The quantitative estimate of drug-likeness (QED) is 0.623. The Kier molecular flexibility index (Phi) is 4.10. The number of carbonyl (C=O) groups excluding carboxylic acids is 2. The maximum Gasteiger partial charge on any atom is 0.323 e. The number of anilines is 3. The van der Waals surface area contributed by atoms with E-state index in [1.165, 1.54) is 4.90 Å². The van der Waals surface area contributed by atoms with Crippen molar-refractivity contribution in [3.63, 3.8) is 0 Å². The molecule has 0 fully saturated rings. The SMILES string of the molecule is N#CCN1C(=O)COc2cc(NC(=O)Nc3ccc4cc[nH]c4c3)ccc21. The van der Waals surface area contributed by atoms with Crippen molar-refractivity contribution in [3.05, 3.63) is 48.7 Å². The normalized spacial score (nSPS) is 12.9. The highest BCUT2D eigenvalue weighted by atomic mass is 16.5. The molecule has 3 amide bonds. The molecule has 2 heterocycles. The van der Waals surface area contributed by atoms with E-state index in [9.17, 15) is 9.59 Å². The molecule has 4 rings (SSSR count). The van der Waals surface area contributed by atoms with E-state index in [-0.39, 0.29) is 19.1 Å². The Morgan fingerprint density at radius 2 is 1.96 bits per heavy atom. The van der Waals surface area contributed by atoms with Crippen LogP contribution in [0.2, 0.25) is 0 Å². The molecule has 3 N–H and O–H groups in total. The number of hydrogen-bond donors (Lipinski definition) is 3. The summed E-state index contributed by atoms with van der Waals surface area (Å²) in [5.74, 6) is 0.165. The first kappa shape index (κ1) is 16.5. The molecule has 1 aliphatic heterocycles. The minimum Gasteiger partial charge on any atom is -0.481 e. The fourth-order valence-corrected chi connectivity index (χ4v) is 2.95. The van der Waals surface area contributed by atoms with Crippen LogP contribution in [-0.2, 0) is 4.79 Å². The van der Waals surface area contributed by atoms with Gasteiger partial charge in [-0.3, -0.25) is 9.69 Å². The largest absolute Gasteiger partial charge is 0.481 e. The molecule has 27 heavy (non-hydrogen) atoms. The van der Waals surface area contributed by atoms with Crippen molar-refractivity contribution in [1.29, 1.82) is 5.26 Å². The molecule has 0 saturated carbocycles. The summed E-state index contributed by atoms with van der Waals surface area (Å²) in [5.41, 5.74) is 2.61. The number of aromatic nitrogens is 1. The lowest BCUT2D eigenvalue weighted by atomic mass is 10.2. The van der Waals surface area contributed by atoms with Crippen LogP contribution in [0.15, 0.2) is 48.7 Å². The highest BCUT2D eigenvalue weighted by Crippen LogP contribution is 2.34. The first-order valence-corrected chi connectivity index (χ1v) is 8.23. The Bertz CT molecular complexity index is 1080. The number of H-pyrrole nitrogens is 1. The maximum atomic E-state index is 12.3. The molecule has 134 valence electrons. The lowest BCUT2D eigenvalue weighted by molar-refractivity contribution is -0.121. The topological polar surface area (TPSA) is 110 Å². The summed E-state index contributed by atoms with van der Waals surface area (Å²) < 4.78 is 5.42. The number of nitrogens with zero attached hydrogens (tertiary/aromatic N) is 2. The number of fused-ring (bicyclic) bond motifs is 2. The van der Waals surface area contributed by atoms with Gasteiger partial charge in [-0.25, -0.2) is 4.79 Å². The van der Waals surface area contributed by atoms with E-state index in [2.05, 4.69) is 15.6 Å². The molecule has 0 unspecified atom stereocenters. The average molecular weight is 361 g/mol. The van der Waals surface area contributed by atoms with Crippen molar-refractivity contribution in [2.45, 2.75) is 0 Å². The second kappa shape index (κ2) is 6.72. The summed E-state index contributed by atoms with van der Waals surface area (Å²) in [6, 6.07) is 14.0. The molecule has 0 spiro atoms. The van der Waals surface area contributed by atoms with Gasteiger partial charge in [-0.15, -0.1) is 0 Å². The first-order valence-electron chi connectivity index (χ1n) is 8.23. The third-order valence-corrected chi connectivity index (χ3v) is 4.20. The van der Waals surface area contributed by atoms with Gasteiger partial charge in [0.2, 0.25) is 0 Å². The van der Waals surface area contributed by atoms with Crippen LogP contribution in [0.3, 0.4) is 0 Å². The fraction of sp³-hybridized carbons (Fsp3) is 0.105. The van der Waals surface area contributed by atoms with Crippen LogP contribution in [0, 0.1) is 11.3 Å². The number of nitriles is 1. The minimum absolute atomic E-state index is 0.0519. The van der Waals surface area contributed by atoms with Gasteiger partial charge in [0.15, 0.2) is 6.61 Å². The number of amides is 3. The number of ether oxygens (including phenoxy) is 1. The molecule has 0 aliphatic carbocycles. The van der Waals surface area contributed by atoms with Gasteiger partial charge in [0.05, 0.1) is 11.8 Å². The van der Waals surface area contributed by atoms with Gasteiger partial charge in [0.25, 0.3) is 5.91 Å². The summed E-state index contributed by atoms with van der Waals surface area (Å²) in [6.07, 6.45) is 1.84. The lowest BCUT2D eigenvalue weighted by Crippen LogP contribution is -2.39. The Labute approximate surface area is 154 Å². The number of hydrogen-bond acceptors (Lipinski definition) is 4. The van der Waals surface area contributed by atoms with Crippen LogP contribution in [-0.4, -0.2) is 30.1 Å². The van der Waals surface area contributed by atoms with Crippen LogP contribution in [0.1, 0.15) is 0 Å². The number of nitrogens with one attached hydrogen (secondary N) is 3. The highest BCUT2D eigenvalue weighted by Gasteiger charge is 2.25. The highest BCUT2D eigenvalue weighted by molar-refractivity contribution is 6.02. The van der Waals surface area contributed by atoms with Crippen LogP contribution in [0.4, 0.5) is 21.9 Å². The second-order valence-corrected chi connectivity index (χ2v) is 5.97. The third-order valence-electron chi connectivity index (χ3n) is 4.20. The maximum absolute atomic E-state index is 12.3. The zero-order valence-electron chi connectivity index (χ0n) is 14.2. The van der Waals surface area contributed by atoms with E-state index in [1.807, 2.05) is 36.5 Å². The van der Waals surface area contributed by atoms with E-state index >= 15 is 0 Å². The van der Waals surface area contributed by atoms with E-state index in [0.29, 0.717) is 22.8 Å². The predicted octanol–water partition coefficient (Wildman–Crippen LogP) is 3.06. The zero-order valence-corrected chi connectivity index (χ0v) is 14.2. The third kappa shape index (κ3) is 3.26. The summed E-state index contributed by atoms with van der Waals surface area (Å²) >= 11 is 0. The van der Waals surface area contributed by atoms with Crippen LogP contribution in [0.5, 0.6) is 5.75 Å². The van der Waals surface area contributed by atoms with Gasteiger partial charge in [0.1, 0.15) is 12.3 Å². The molecular formula is C19H15N5O3. The molecule has 2 aromatic carbocycles. The van der Waals surface area contributed by atoms with E-state index in [4.69, 9.17) is 10.00 Å². The molecule has 0 radical (unpaired) electrons. The number of aromatic amines is 1. The average Bonchev–Trinajstić information content (AvgIpc) is 3.12. The monoisotopic (exact) mass is 361 g/mol. The van der Waals surface area contributed by atoms with Crippen LogP contribution in [0.25, 0.3) is 10.9 Å². The Morgan fingerprint density at radius 1 is 1.19 bits per heavy atom. The van der Waals surface area contributed by atoms with Gasteiger partial charge in [-0.05, 0) is 35.7 Å². The number of rotatable bonds is 3. The Morgan fingerprint density at radius 3 is 2.78 bits per heavy atom. The van der Waals surface area contributed by atoms with Gasteiger partial charge in [0, 0.05) is 29.2 Å². The summed E-state index contributed by atoms with van der Waals surface area (Å²) in [6.45, 7) is -0.190. The molecule has 8 nitrogen and oxygen atoms in total. The van der Waals surface area contributed by atoms with E-state index in [1.54, 1.807) is 18.2 Å². The zero-order chi connectivity index (χ0) is 18.8. The number of urea groups is 1. The fourth-order valence-electron chi connectivity index (χ4n) is 2.95. The van der Waals surface area contributed by atoms with Crippen molar-refractivity contribution in [2.75, 3.05) is 28.7 Å². The van der Waals surface area contributed by atoms with Crippen molar-refractivity contribution in [2.24, 2.45) is 0 Å². The summed E-state index contributed by atoms with van der Waals surface area (Å²) in [5, 5.41) is 15.4. The molecule has 0 saturated heterocycles. The molecule has 3 aromatic rings. The van der Waals surface area contributed by atoms with Crippen LogP contribution >= 0.6 is 0 Å². The van der Waals surface area contributed by atoms with Crippen molar-refractivity contribution < 1.29 is 14.3 Å². The minimum atomic E-state index is -0.401. The van der Waals surface area contributed by atoms with Gasteiger partial charge < -0.3 is 20.4 Å². The van der Waals surface area contributed by atoms with Crippen molar-refractivity contribution in [3.8, 4) is 11.8 Å². The summed E-state index contributed by atoms with van der Waals surface area (Å²) in [4.78, 5) is 28.6. The first-order chi connectivity index (χ1) is 13.1.